The Labute approximate surface area is 132 Å². The number of aromatic amines is 2. The van der Waals surface area contributed by atoms with Crippen molar-refractivity contribution in [2.45, 2.75) is 25.7 Å². The minimum atomic E-state index is -0.257. The molecule has 23 heavy (non-hydrogen) atoms. The monoisotopic (exact) mass is 307 g/mol. The van der Waals surface area contributed by atoms with Crippen LogP contribution in [0.3, 0.4) is 0 Å². The summed E-state index contributed by atoms with van der Waals surface area (Å²) in [5.41, 5.74) is 3.44. The van der Waals surface area contributed by atoms with Gasteiger partial charge in [0, 0.05) is 11.3 Å². The van der Waals surface area contributed by atoms with Gasteiger partial charge in [0.1, 0.15) is 5.65 Å². The highest BCUT2D eigenvalue weighted by atomic mass is 16.1. The van der Waals surface area contributed by atoms with E-state index in [4.69, 9.17) is 0 Å². The Morgan fingerprint density at radius 2 is 1.78 bits per heavy atom. The van der Waals surface area contributed by atoms with Crippen molar-refractivity contribution >= 4 is 17.8 Å². The van der Waals surface area contributed by atoms with Gasteiger partial charge in [-0.1, -0.05) is 36.4 Å². The van der Waals surface area contributed by atoms with E-state index in [9.17, 15) is 9.59 Å². The molecule has 0 unspecified atom stereocenters. The summed E-state index contributed by atoms with van der Waals surface area (Å²) in [5, 5.41) is 2.65. The zero-order chi connectivity index (χ0) is 15.8. The molecule has 0 radical (unpaired) electrons. The van der Waals surface area contributed by atoms with Gasteiger partial charge in [-0.3, -0.25) is 14.7 Å². The van der Waals surface area contributed by atoms with Crippen LogP contribution in [0.4, 0.5) is 0 Å². The van der Waals surface area contributed by atoms with Crippen molar-refractivity contribution in [3.05, 3.63) is 73.4 Å². The second-order valence-electron chi connectivity index (χ2n) is 5.88. The number of aryl methyl sites for hydroxylation is 1. The highest BCUT2D eigenvalue weighted by Crippen LogP contribution is 2.18. The second-order valence-corrected chi connectivity index (χ2v) is 5.88. The van der Waals surface area contributed by atoms with Crippen molar-refractivity contribution in [2.75, 3.05) is 0 Å². The maximum Gasteiger partial charge on any atom is 0.276 e. The molecule has 1 aliphatic rings. The molecule has 5 heteroatoms. The molecule has 0 amide bonds. The molecule has 0 bridgehead atoms. The van der Waals surface area contributed by atoms with Crippen LogP contribution in [0.5, 0.6) is 0 Å². The van der Waals surface area contributed by atoms with Crippen LogP contribution in [0.25, 0.3) is 17.8 Å². The molecule has 116 valence electrons. The van der Waals surface area contributed by atoms with Crippen molar-refractivity contribution < 1.29 is 0 Å². The van der Waals surface area contributed by atoms with Gasteiger partial charge in [-0.05, 0) is 37.3 Å². The van der Waals surface area contributed by atoms with E-state index in [-0.39, 0.29) is 11.1 Å². The molecular formula is C18H17N3O2. The summed E-state index contributed by atoms with van der Waals surface area (Å²) >= 11 is 0. The first-order valence-electron chi connectivity index (χ1n) is 7.86. The lowest BCUT2D eigenvalue weighted by molar-refractivity contribution is 0.651. The van der Waals surface area contributed by atoms with Crippen molar-refractivity contribution in [1.29, 1.82) is 0 Å². The Morgan fingerprint density at radius 1 is 1.00 bits per heavy atom. The lowest BCUT2D eigenvalue weighted by Gasteiger charge is -2.14. The van der Waals surface area contributed by atoms with Gasteiger partial charge in [-0.2, -0.15) is 4.52 Å². The number of hydrogen-bond donors (Lipinski definition) is 2. The molecule has 1 aliphatic carbocycles. The van der Waals surface area contributed by atoms with E-state index in [0.717, 1.165) is 42.5 Å². The lowest BCUT2D eigenvalue weighted by Crippen LogP contribution is -2.25. The van der Waals surface area contributed by atoms with Crippen molar-refractivity contribution in [3.63, 3.8) is 0 Å². The van der Waals surface area contributed by atoms with Crippen LogP contribution in [-0.4, -0.2) is 14.6 Å². The van der Waals surface area contributed by atoms with E-state index in [1.54, 1.807) is 6.08 Å². The van der Waals surface area contributed by atoms with Crippen LogP contribution in [0.2, 0.25) is 0 Å². The van der Waals surface area contributed by atoms with Crippen LogP contribution in [0.15, 0.2) is 39.9 Å². The average Bonchev–Trinajstić information content (AvgIpc) is 2.90. The standard InChI is InChI=1S/C18H17N3O2/c22-17-14(11-10-12-6-2-1-3-7-12)16-19-15-9-5-4-8-13(15)18(23)21(16)20-17/h1-3,6-7,10-11,19H,4-5,8-9H2,(H,20,22)/b11-10+. The van der Waals surface area contributed by atoms with Gasteiger partial charge >= 0.3 is 0 Å². The zero-order valence-electron chi connectivity index (χ0n) is 12.6. The highest BCUT2D eigenvalue weighted by Gasteiger charge is 2.18. The van der Waals surface area contributed by atoms with Crippen LogP contribution in [0, 0.1) is 0 Å². The molecule has 4 rings (SSSR count). The molecule has 0 atom stereocenters. The SMILES string of the molecule is O=c1[nH]n2c(=O)c3c([nH]c2c1/C=C/c1ccccc1)CCCC3. The molecule has 0 spiro atoms. The molecule has 2 heterocycles. The molecule has 0 saturated heterocycles. The van der Waals surface area contributed by atoms with E-state index in [2.05, 4.69) is 10.1 Å². The Bertz CT molecular complexity index is 1010. The van der Waals surface area contributed by atoms with E-state index in [1.807, 2.05) is 36.4 Å². The van der Waals surface area contributed by atoms with E-state index in [1.165, 1.54) is 4.52 Å². The summed E-state index contributed by atoms with van der Waals surface area (Å²) in [6, 6.07) is 9.77. The number of nitrogens with one attached hydrogen (secondary N) is 2. The Hall–Kier alpha value is -2.82. The Balaban J connectivity index is 1.89. The van der Waals surface area contributed by atoms with Gasteiger partial charge in [0.2, 0.25) is 0 Å². The van der Waals surface area contributed by atoms with Gasteiger partial charge in [-0.15, -0.1) is 0 Å². The minimum Gasteiger partial charge on any atom is -0.343 e. The average molecular weight is 307 g/mol. The highest BCUT2D eigenvalue weighted by molar-refractivity contribution is 5.76. The van der Waals surface area contributed by atoms with Gasteiger partial charge in [0.15, 0.2) is 0 Å². The summed E-state index contributed by atoms with van der Waals surface area (Å²) in [7, 11) is 0. The number of H-pyrrole nitrogens is 2. The fraction of sp³-hybridized carbons (Fsp3) is 0.222. The summed E-state index contributed by atoms with van der Waals surface area (Å²) < 4.78 is 1.34. The molecule has 0 fully saturated rings. The van der Waals surface area contributed by atoms with Crippen LogP contribution < -0.4 is 11.1 Å². The number of benzene rings is 1. The Kier molecular flexibility index (Phi) is 3.26. The van der Waals surface area contributed by atoms with E-state index in [0.29, 0.717) is 11.2 Å². The van der Waals surface area contributed by atoms with Crippen molar-refractivity contribution in [3.8, 4) is 0 Å². The first kappa shape index (κ1) is 13.8. The van der Waals surface area contributed by atoms with E-state index >= 15 is 0 Å². The fourth-order valence-electron chi connectivity index (χ4n) is 3.18. The predicted molar refractivity (Wildman–Crippen MR) is 90.7 cm³/mol. The summed E-state index contributed by atoms with van der Waals surface area (Å²) in [4.78, 5) is 28.1. The largest absolute Gasteiger partial charge is 0.343 e. The lowest BCUT2D eigenvalue weighted by atomic mass is 9.97. The molecule has 3 aromatic rings. The van der Waals surface area contributed by atoms with Gasteiger partial charge in [-0.25, -0.2) is 0 Å². The smallest absolute Gasteiger partial charge is 0.276 e. The Morgan fingerprint density at radius 3 is 2.61 bits per heavy atom. The number of fused-ring (bicyclic) bond motifs is 2. The number of hydrogen-bond acceptors (Lipinski definition) is 2. The third-order valence-electron chi connectivity index (χ3n) is 4.38. The third kappa shape index (κ3) is 2.34. The minimum absolute atomic E-state index is 0.107. The maximum atomic E-state index is 12.6. The first-order chi connectivity index (χ1) is 11.2. The summed E-state index contributed by atoms with van der Waals surface area (Å²) in [5.74, 6) is 0. The number of nitrogens with zero attached hydrogens (tertiary/aromatic N) is 1. The first-order valence-corrected chi connectivity index (χ1v) is 7.86. The molecule has 2 N–H and O–H groups in total. The maximum absolute atomic E-state index is 12.6. The van der Waals surface area contributed by atoms with E-state index < -0.39 is 0 Å². The third-order valence-corrected chi connectivity index (χ3v) is 4.38. The normalized spacial score (nSPS) is 14.4. The molecule has 2 aromatic heterocycles. The van der Waals surface area contributed by atoms with Gasteiger partial charge in [0.05, 0.1) is 5.56 Å². The van der Waals surface area contributed by atoms with Crippen LogP contribution in [-0.2, 0) is 12.8 Å². The second kappa shape index (κ2) is 5.43. The summed E-state index contributed by atoms with van der Waals surface area (Å²) in [6.45, 7) is 0. The number of rotatable bonds is 2. The zero-order valence-corrected chi connectivity index (χ0v) is 12.6. The van der Waals surface area contributed by atoms with Gasteiger partial charge in [0.25, 0.3) is 11.1 Å². The predicted octanol–water partition coefficient (Wildman–Crippen LogP) is 2.37. The van der Waals surface area contributed by atoms with Crippen molar-refractivity contribution in [1.82, 2.24) is 14.6 Å². The van der Waals surface area contributed by atoms with Crippen LogP contribution >= 0.6 is 0 Å². The molecule has 5 nitrogen and oxygen atoms in total. The topological polar surface area (TPSA) is 70.1 Å². The van der Waals surface area contributed by atoms with Gasteiger partial charge < -0.3 is 4.98 Å². The summed E-state index contributed by atoms with van der Waals surface area (Å²) in [6.07, 6.45) is 7.37. The quantitative estimate of drug-likeness (QED) is 0.763. The molecule has 1 aromatic carbocycles. The van der Waals surface area contributed by atoms with Crippen LogP contribution in [0.1, 0.15) is 35.2 Å². The fourth-order valence-corrected chi connectivity index (χ4v) is 3.18. The molecule has 0 saturated carbocycles. The number of aromatic nitrogens is 3. The molecular weight excluding hydrogens is 290 g/mol. The molecule has 0 aliphatic heterocycles. The van der Waals surface area contributed by atoms with Crippen molar-refractivity contribution in [2.24, 2.45) is 0 Å².